The maximum absolute atomic E-state index is 12.1. The minimum Gasteiger partial charge on any atom is -0.481 e. The molecule has 1 rings (SSSR count). The van der Waals surface area contributed by atoms with Gasteiger partial charge in [0.1, 0.15) is 4.21 Å². The Hall–Kier alpha value is -0.440. The summed E-state index contributed by atoms with van der Waals surface area (Å²) < 4.78 is 27.4. The average Bonchev–Trinajstić information content (AvgIpc) is 2.67. The Morgan fingerprint density at radius 2 is 2.16 bits per heavy atom. The van der Waals surface area contributed by atoms with Crippen molar-refractivity contribution in [2.24, 2.45) is 5.41 Å². The SMILES string of the molecule is CCC(C)(CNS(=O)(=O)c1cc(C)c(Br)s1)C(=O)O. The van der Waals surface area contributed by atoms with Gasteiger partial charge in [-0.1, -0.05) is 6.92 Å². The first-order chi connectivity index (χ1) is 8.62. The highest BCUT2D eigenvalue weighted by Crippen LogP contribution is 2.31. The van der Waals surface area contributed by atoms with Crippen LogP contribution in [-0.4, -0.2) is 26.0 Å². The monoisotopic (exact) mass is 369 g/mol. The summed E-state index contributed by atoms with van der Waals surface area (Å²) in [5.74, 6) is -1.01. The van der Waals surface area contributed by atoms with Crippen molar-refractivity contribution in [3.8, 4) is 0 Å². The number of sulfonamides is 1. The molecular weight excluding hydrogens is 354 g/mol. The number of hydrogen-bond acceptors (Lipinski definition) is 4. The van der Waals surface area contributed by atoms with Crippen LogP contribution < -0.4 is 4.72 Å². The van der Waals surface area contributed by atoms with E-state index in [2.05, 4.69) is 20.7 Å². The first-order valence-electron chi connectivity index (χ1n) is 5.61. The Morgan fingerprint density at radius 1 is 1.58 bits per heavy atom. The molecule has 0 aromatic carbocycles. The molecule has 2 N–H and O–H groups in total. The quantitative estimate of drug-likeness (QED) is 0.806. The van der Waals surface area contributed by atoms with Crippen LogP contribution in [0.2, 0.25) is 0 Å². The van der Waals surface area contributed by atoms with E-state index in [1.807, 2.05) is 0 Å². The lowest BCUT2D eigenvalue weighted by atomic mass is 9.88. The topological polar surface area (TPSA) is 83.5 Å². The molecule has 0 aliphatic heterocycles. The fourth-order valence-electron chi connectivity index (χ4n) is 1.24. The van der Waals surface area contributed by atoms with Crippen molar-refractivity contribution in [2.75, 3.05) is 6.54 Å². The van der Waals surface area contributed by atoms with Gasteiger partial charge in [-0.15, -0.1) is 11.3 Å². The second-order valence-electron chi connectivity index (χ2n) is 4.57. The third-order valence-corrected chi connectivity index (χ3v) is 7.06. The van der Waals surface area contributed by atoms with Gasteiger partial charge >= 0.3 is 5.97 Å². The predicted octanol–water partition coefficient (Wildman–Crippen LogP) is 2.60. The van der Waals surface area contributed by atoms with E-state index in [0.717, 1.165) is 20.7 Å². The number of halogens is 1. The standard InChI is InChI=1S/C11H16BrNO4S2/c1-4-11(3,10(14)15)6-13-19(16,17)8-5-7(2)9(12)18-8/h5,13H,4,6H2,1-3H3,(H,14,15). The van der Waals surface area contributed by atoms with E-state index in [4.69, 9.17) is 5.11 Å². The molecule has 1 aromatic rings. The van der Waals surface area contributed by atoms with Gasteiger partial charge in [-0.2, -0.15) is 0 Å². The van der Waals surface area contributed by atoms with Crippen LogP contribution in [0.3, 0.4) is 0 Å². The van der Waals surface area contributed by atoms with Crippen molar-refractivity contribution in [3.63, 3.8) is 0 Å². The van der Waals surface area contributed by atoms with Crippen molar-refractivity contribution >= 4 is 43.3 Å². The normalized spacial score (nSPS) is 15.2. The minimum absolute atomic E-state index is 0.129. The van der Waals surface area contributed by atoms with Crippen molar-refractivity contribution in [1.82, 2.24) is 4.72 Å². The number of hydrogen-bond donors (Lipinski definition) is 2. The zero-order valence-corrected chi connectivity index (χ0v) is 14.1. The Balaban J connectivity index is 2.90. The molecule has 0 saturated heterocycles. The summed E-state index contributed by atoms with van der Waals surface area (Å²) in [6.07, 6.45) is 0.345. The van der Waals surface area contributed by atoms with E-state index in [-0.39, 0.29) is 10.8 Å². The third-order valence-electron chi connectivity index (χ3n) is 3.05. The second kappa shape index (κ2) is 5.90. The van der Waals surface area contributed by atoms with Gasteiger partial charge in [0.25, 0.3) is 0 Å². The fraction of sp³-hybridized carbons (Fsp3) is 0.545. The molecule has 5 nitrogen and oxygen atoms in total. The number of aliphatic carboxylic acids is 1. The number of carboxylic acid groups (broad SMARTS) is 1. The van der Waals surface area contributed by atoms with Crippen molar-refractivity contribution < 1.29 is 18.3 Å². The van der Waals surface area contributed by atoms with Crippen LogP contribution in [0.5, 0.6) is 0 Å². The van der Waals surface area contributed by atoms with Gasteiger partial charge in [-0.05, 0) is 47.8 Å². The number of carboxylic acids is 1. The lowest BCUT2D eigenvalue weighted by molar-refractivity contribution is -0.147. The molecule has 1 atom stereocenters. The molecule has 0 amide bonds. The van der Waals surface area contributed by atoms with Crippen LogP contribution >= 0.6 is 27.3 Å². The van der Waals surface area contributed by atoms with Crippen LogP contribution in [0.4, 0.5) is 0 Å². The number of aryl methyl sites for hydroxylation is 1. The number of nitrogens with one attached hydrogen (secondary N) is 1. The zero-order chi connectivity index (χ0) is 14.8. The number of thiophene rings is 1. The highest BCUT2D eigenvalue weighted by atomic mass is 79.9. The number of rotatable bonds is 6. The molecule has 0 bridgehead atoms. The summed E-state index contributed by atoms with van der Waals surface area (Å²) in [7, 11) is -3.66. The summed E-state index contributed by atoms with van der Waals surface area (Å²) >= 11 is 4.37. The molecule has 0 aliphatic carbocycles. The molecule has 0 saturated carbocycles. The second-order valence-corrected chi connectivity index (χ2v) is 8.93. The first-order valence-corrected chi connectivity index (χ1v) is 8.70. The lowest BCUT2D eigenvalue weighted by Crippen LogP contribution is -2.40. The van der Waals surface area contributed by atoms with Crippen LogP contribution in [0.25, 0.3) is 0 Å². The average molecular weight is 370 g/mol. The Bertz CT molecular complexity index is 562. The molecule has 19 heavy (non-hydrogen) atoms. The van der Waals surface area contributed by atoms with Crippen LogP contribution in [0, 0.1) is 12.3 Å². The smallest absolute Gasteiger partial charge is 0.310 e. The zero-order valence-electron chi connectivity index (χ0n) is 10.9. The molecule has 108 valence electrons. The van der Waals surface area contributed by atoms with Gasteiger partial charge in [0.15, 0.2) is 0 Å². The Kier molecular flexibility index (Phi) is 5.16. The lowest BCUT2D eigenvalue weighted by Gasteiger charge is -2.22. The molecule has 8 heteroatoms. The molecule has 0 radical (unpaired) electrons. The molecule has 0 aliphatic rings. The van der Waals surface area contributed by atoms with E-state index in [1.165, 1.54) is 6.92 Å². The van der Waals surface area contributed by atoms with Crippen molar-refractivity contribution in [3.05, 3.63) is 15.4 Å². The van der Waals surface area contributed by atoms with Gasteiger partial charge in [-0.25, -0.2) is 13.1 Å². The predicted molar refractivity (Wildman–Crippen MR) is 78.0 cm³/mol. The highest BCUT2D eigenvalue weighted by Gasteiger charge is 2.33. The van der Waals surface area contributed by atoms with Gasteiger partial charge in [0.2, 0.25) is 10.0 Å². The van der Waals surface area contributed by atoms with Gasteiger partial charge < -0.3 is 5.11 Å². The summed E-state index contributed by atoms with van der Waals surface area (Å²) in [5, 5.41) is 9.11. The van der Waals surface area contributed by atoms with E-state index in [1.54, 1.807) is 19.9 Å². The third kappa shape index (κ3) is 3.77. The fourth-order valence-corrected chi connectivity index (χ4v) is 4.68. The molecule has 1 aromatic heterocycles. The Morgan fingerprint density at radius 3 is 2.53 bits per heavy atom. The van der Waals surface area contributed by atoms with E-state index < -0.39 is 21.4 Å². The van der Waals surface area contributed by atoms with Gasteiger partial charge in [0.05, 0.1) is 9.20 Å². The molecular formula is C11H16BrNO4S2. The highest BCUT2D eigenvalue weighted by molar-refractivity contribution is 9.11. The minimum atomic E-state index is -3.66. The first kappa shape index (κ1) is 16.6. The van der Waals surface area contributed by atoms with E-state index in [0.29, 0.717) is 6.42 Å². The largest absolute Gasteiger partial charge is 0.481 e. The van der Waals surface area contributed by atoms with E-state index >= 15 is 0 Å². The van der Waals surface area contributed by atoms with Gasteiger partial charge in [-0.3, -0.25) is 4.79 Å². The Labute approximate surface area is 125 Å². The van der Waals surface area contributed by atoms with Crippen molar-refractivity contribution in [1.29, 1.82) is 0 Å². The molecule has 1 heterocycles. The van der Waals surface area contributed by atoms with Crippen LogP contribution in [0.15, 0.2) is 14.1 Å². The van der Waals surface area contributed by atoms with Crippen LogP contribution in [-0.2, 0) is 14.8 Å². The number of carbonyl (C=O) groups is 1. The van der Waals surface area contributed by atoms with E-state index in [9.17, 15) is 13.2 Å². The van der Waals surface area contributed by atoms with Crippen LogP contribution in [0.1, 0.15) is 25.8 Å². The molecule has 0 fully saturated rings. The molecule has 1 unspecified atom stereocenters. The maximum Gasteiger partial charge on any atom is 0.310 e. The van der Waals surface area contributed by atoms with Crippen molar-refractivity contribution in [2.45, 2.75) is 31.4 Å². The van der Waals surface area contributed by atoms with Gasteiger partial charge in [0, 0.05) is 6.54 Å². The summed E-state index contributed by atoms with van der Waals surface area (Å²) in [4.78, 5) is 11.1. The summed E-state index contributed by atoms with van der Waals surface area (Å²) in [5.41, 5.74) is -0.266. The summed E-state index contributed by atoms with van der Waals surface area (Å²) in [6, 6.07) is 1.56. The maximum atomic E-state index is 12.1. The molecule has 0 spiro atoms. The summed E-state index contributed by atoms with van der Waals surface area (Å²) in [6.45, 7) is 4.91.